The van der Waals surface area contributed by atoms with Gasteiger partial charge in [-0.05, 0) is 18.4 Å². The Bertz CT molecular complexity index is 413. The van der Waals surface area contributed by atoms with Crippen LogP contribution in [0.4, 0.5) is 0 Å². The van der Waals surface area contributed by atoms with Crippen molar-refractivity contribution in [1.82, 2.24) is 0 Å². The highest BCUT2D eigenvalue weighted by Gasteiger charge is 2.18. The Morgan fingerprint density at radius 3 is 1.45 bits per heavy atom. The lowest BCUT2D eigenvalue weighted by Gasteiger charge is -2.12. The minimum absolute atomic E-state index is 0.228. The van der Waals surface area contributed by atoms with E-state index in [0.717, 1.165) is 24.8 Å². The summed E-state index contributed by atoms with van der Waals surface area (Å²) in [5.74, 6) is 0. The standard InChI is InChI=1S/C15H19Cl5/c1-2-3-4-5-6-7-8-9-10-11(16)13(18)15(20)14(19)12(10)17/h2-9H2,1H3. The Morgan fingerprint density at radius 2 is 0.950 bits per heavy atom. The fourth-order valence-corrected chi connectivity index (χ4v) is 3.50. The fraction of sp³-hybridized carbons (Fsp3) is 0.600. The Balaban J connectivity index is 2.52. The molecular weight excluding hydrogens is 357 g/mol. The maximum atomic E-state index is 6.20. The van der Waals surface area contributed by atoms with E-state index in [1.165, 1.54) is 32.1 Å². The Labute approximate surface area is 146 Å². The molecule has 20 heavy (non-hydrogen) atoms. The van der Waals surface area contributed by atoms with Crippen molar-refractivity contribution in [2.24, 2.45) is 0 Å². The molecule has 0 aliphatic rings. The average molecular weight is 377 g/mol. The molecule has 1 aromatic rings. The second-order valence-electron chi connectivity index (χ2n) is 4.92. The smallest absolute Gasteiger partial charge is 0.0809 e. The van der Waals surface area contributed by atoms with E-state index in [2.05, 4.69) is 6.92 Å². The Kier molecular flexibility index (Phi) is 9.02. The zero-order chi connectivity index (χ0) is 15.1. The molecule has 0 unspecified atom stereocenters. The van der Waals surface area contributed by atoms with Crippen LogP contribution >= 0.6 is 58.0 Å². The first kappa shape index (κ1) is 18.7. The number of hydrogen-bond donors (Lipinski definition) is 0. The van der Waals surface area contributed by atoms with Crippen molar-refractivity contribution in [3.8, 4) is 0 Å². The van der Waals surface area contributed by atoms with Gasteiger partial charge in [0.15, 0.2) is 0 Å². The van der Waals surface area contributed by atoms with E-state index in [4.69, 9.17) is 58.0 Å². The molecule has 0 spiro atoms. The summed E-state index contributed by atoms with van der Waals surface area (Å²) in [5, 5.41) is 1.67. The van der Waals surface area contributed by atoms with Crippen LogP contribution in [0.2, 0.25) is 25.1 Å². The minimum atomic E-state index is 0.228. The van der Waals surface area contributed by atoms with Crippen LogP contribution in [0.15, 0.2) is 0 Å². The number of benzene rings is 1. The second-order valence-corrected chi connectivity index (χ2v) is 6.81. The van der Waals surface area contributed by atoms with Crippen molar-refractivity contribution in [2.75, 3.05) is 0 Å². The first-order valence-corrected chi connectivity index (χ1v) is 8.90. The zero-order valence-electron chi connectivity index (χ0n) is 11.5. The quantitative estimate of drug-likeness (QED) is 0.243. The van der Waals surface area contributed by atoms with Crippen molar-refractivity contribution in [2.45, 2.75) is 58.3 Å². The lowest BCUT2D eigenvalue weighted by molar-refractivity contribution is 0.589. The van der Waals surface area contributed by atoms with Crippen LogP contribution in [-0.4, -0.2) is 0 Å². The van der Waals surface area contributed by atoms with Crippen molar-refractivity contribution in [3.05, 3.63) is 30.7 Å². The van der Waals surface area contributed by atoms with E-state index in [1.54, 1.807) is 0 Å². The van der Waals surface area contributed by atoms with Gasteiger partial charge in [0, 0.05) is 0 Å². The van der Waals surface area contributed by atoms with Gasteiger partial charge in [-0.1, -0.05) is 103 Å². The number of halogens is 5. The first-order valence-electron chi connectivity index (χ1n) is 7.01. The average Bonchev–Trinajstić information content (AvgIpc) is 2.45. The van der Waals surface area contributed by atoms with Crippen molar-refractivity contribution < 1.29 is 0 Å². The predicted molar refractivity (Wildman–Crippen MR) is 93.2 cm³/mol. The van der Waals surface area contributed by atoms with Gasteiger partial charge in [-0.3, -0.25) is 0 Å². The topological polar surface area (TPSA) is 0 Å². The third kappa shape index (κ3) is 5.14. The summed E-state index contributed by atoms with van der Waals surface area (Å²) in [6.45, 7) is 2.22. The molecule has 0 aliphatic heterocycles. The lowest BCUT2D eigenvalue weighted by atomic mass is 10.0. The SMILES string of the molecule is CCCCCCCCCc1c(Cl)c(Cl)c(Cl)c(Cl)c1Cl. The first-order chi connectivity index (χ1) is 9.50. The number of rotatable bonds is 8. The highest BCUT2D eigenvalue weighted by Crippen LogP contribution is 2.44. The molecule has 0 nitrogen and oxygen atoms in total. The lowest BCUT2D eigenvalue weighted by Crippen LogP contribution is -1.92. The van der Waals surface area contributed by atoms with Gasteiger partial charge >= 0.3 is 0 Å². The number of unbranched alkanes of at least 4 members (excludes halogenated alkanes) is 6. The molecular formula is C15H19Cl5. The third-order valence-electron chi connectivity index (χ3n) is 3.33. The molecule has 0 atom stereocenters. The van der Waals surface area contributed by atoms with Crippen LogP contribution in [-0.2, 0) is 6.42 Å². The Morgan fingerprint density at radius 1 is 0.550 bits per heavy atom. The van der Waals surface area contributed by atoms with Gasteiger partial charge in [-0.25, -0.2) is 0 Å². The van der Waals surface area contributed by atoms with Gasteiger partial charge in [0.05, 0.1) is 25.1 Å². The molecule has 0 aromatic heterocycles. The molecule has 0 saturated carbocycles. The summed E-state index contributed by atoms with van der Waals surface area (Å²) < 4.78 is 0. The molecule has 1 rings (SSSR count). The van der Waals surface area contributed by atoms with Crippen LogP contribution in [0.3, 0.4) is 0 Å². The van der Waals surface area contributed by atoms with Crippen LogP contribution < -0.4 is 0 Å². The van der Waals surface area contributed by atoms with Crippen molar-refractivity contribution in [1.29, 1.82) is 0 Å². The van der Waals surface area contributed by atoms with E-state index in [1.807, 2.05) is 0 Å². The summed E-state index contributed by atoms with van der Waals surface area (Å²) >= 11 is 30.5. The molecule has 0 amide bonds. The maximum absolute atomic E-state index is 6.20. The molecule has 1 aromatic carbocycles. The van der Waals surface area contributed by atoms with Gasteiger partial charge in [0.2, 0.25) is 0 Å². The minimum Gasteiger partial charge on any atom is -0.0823 e. The molecule has 0 radical (unpaired) electrons. The molecule has 0 N–H and O–H groups in total. The normalized spacial score (nSPS) is 11.1. The second kappa shape index (κ2) is 9.64. The van der Waals surface area contributed by atoms with E-state index >= 15 is 0 Å². The fourth-order valence-electron chi connectivity index (χ4n) is 2.13. The van der Waals surface area contributed by atoms with Gasteiger partial charge in [-0.2, -0.15) is 0 Å². The van der Waals surface area contributed by atoms with Crippen molar-refractivity contribution >= 4 is 58.0 Å². The van der Waals surface area contributed by atoms with Gasteiger partial charge in [-0.15, -0.1) is 0 Å². The highest BCUT2D eigenvalue weighted by molar-refractivity contribution is 6.55. The van der Waals surface area contributed by atoms with Crippen LogP contribution in [0.5, 0.6) is 0 Å². The molecule has 0 heterocycles. The third-order valence-corrected chi connectivity index (χ3v) is 5.69. The van der Waals surface area contributed by atoms with Crippen LogP contribution in [0.25, 0.3) is 0 Å². The monoisotopic (exact) mass is 374 g/mol. The highest BCUT2D eigenvalue weighted by atomic mass is 35.5. The molecule has 0 saturated heterocycles. The summed E-state index contributed by atoms with van der Waals surface area (Å²) in [5.41, 5.74) is 0.807. The summed E-state index contributed by atoms with van der Waals surface area (Å²) in [6, 6.07) is 0. The van der Waals surface area contributed by atoms with E-state index in [9.17, 15) is 0 Å². The molecule has 114 valence electrons. The largest absolute Gasteiger partial charge is 0.0823 e. The predicted octanol–water partition coefficient (Wildman–Crippen LogP) is 8.25. The summed E-state index contributed by atoms with van der Waals surface area (Å²) in [7, 11) is 0. The number of hydrogen-bond acceptors (Lipinski definition) is 0. The molecule has 5 heteroatoms. The van der Waals surface area contributed by atoms with E-state index in [-0.39, 0.29) is 5.02 Å². The molecule has 0 aliphatic carbocycles. The van der Waals surface area contributed by atoms with Gasteiger partial charge in [0.25, 0.3) is 0 Å². The van der Waals surface area contributed by atoms with E-state index in [0.29, 0.717) is 20.1 Å². The van der Waals surface area contributed by atoms with Crippen LogP contribution in [0.1, 0.15) is 57.4 Å². The Hall–Kier alpha value is 0.670. The summed E-state index contributed by atoms with van der Waals surface area (Å²) in [4.78, 5) is 0. The van der Waals surface area contributed by atoms with E-state index < -0.39 is 0 Å². The zero-order valence-corrected chi connectivity index (χ0v) is 15.3. The van der Waals surface area contributed by atoms with Crippen LogP contribution in [0, 0.1) is 0 Å². The molecule has 0 bridgehead atoms. The van der Waals surface area contributed by atoms with Crippen molar-refractivity contribution in [3.63, 3.8) is 0 Å². The van der Waals surface area contributed by atoms with Gasteiger partial charge < -0.3 is 0 Å². The summed E-state index contributed by atoms with van der Waals surface area (Å²) in [6.07, 6.45) is 9.40. The maximum Gasteiger partial charge on any atom is 0.0809 e. The molecule has 0 fully saturated rings. The van der Waals surface area contributed by atoms with Gasteiger partial charge in [0.1, 0.15) is 0 Å².